The molecule has 4 nitrogen and oxygen atoms in total. The second-order valence-electron chi connectivity index (χ2n) is 5.61. The molecule has 6 heteroatoms. The molecule has 22 heavy (non-hydrogen) atoms. The molecule has 3 aromatic carbocycles. The van der Waals surface area contributed by atoms with E-state index in [9.17, 15) is 20.1 Å². The topological polar surface area (TPSA) is 80.9 Å². The molecule has 0 heterocycles. The molecule has 4 N–H and O–H groups in total. The van der Waals surface area contributed by atoms with E-state index in [-0.39, 0.29) is 0 Å². The van der Waals surface area contributed by atoms with E-state index in [1.165, 1.54) is 0 Å². The molecule has 0 aliphatic rings. The van der Waals surface area contributed by atoms with Crippen LogP contribution in [0.3, 0.4) is 0 Å². The van der Waals surface area contributed by atoms with Crippen molar-refractivity contribution >= 4 is 46.7 Å². The monoisotopic (exact) mass is 294 g/mol. The third kappa shape index (κ3) is 2.30. The number of fused-ring (bicyclic) bond motifs is 3. The van der Waals surface area contributed by atoms with Gasteiger partial charge in [-0.3, -0.25) is 0 Å². The van der Waals surface area contributed by atoms with Gasteiger partial charge in [0.05, 0.1) is 0 Å². The molecule has 3 aromatic rings. The average molecular weight is 294 g/mol. The van der Waals surface area contributed by atoms with Crippen LogP contribution in [-0.2, 0) is 0 Å². The van der Waals surface area contributed by atoms with Gasteiger partial charge >= 0.3 is 14.2 Å². The molecule has 0 fully saturated rings. The van der Waals surface area contributed by atoms with Crippen LogP contribution in [0.2, 0.25) is 0 Å². The number of hydrogen-bond acceptors (Lipinski definition) is 4. The first-order valence-corrected chi connectivity index (χ1v) is 7.09. The normalized spacial score (nSPS) is 11.2. The van der Waals surface area contributed by atoms with Crippen molar-refractivity contribution in [2.75, 3.05) is 0 Å². The molecule has 0 amide bonds. The van der Waals surface area contributed by atoms with Gasteiger partial charge in [-0.25, -0.2) is 0 Å². The molecule has 0 aromatic heterocycles. The molecular formula is C16H16B2O4. The zero-order valence-corrected chi connectivity index (χ0v) is 12.4. The van der Waals surface area contributed by atoms with Gasteiger partial charge in [-0.1, -0.05) is 36.4 Å². The Morgan fingerprint density at radius 1 is 0.591 bits per heavy atom. The lowest BCUT2D eigenvalue weighted by Crippen LogP contribution is -2.30. The molecule has 0 unspecified atom stereocenters. The highest BCUT2D eigenvalue weighted by atomic mass is 16.4. The molecule has 0 saturated carbocycles. The molecule has 3 rings (SSSR count). The Balaban J connectivity index is 2.41. The lowest BCUT2D eigenvalue weighted by Gasteiger charge is -2.14. The summed E-state index contributed by atoms with van der Waals surface area (Å²) < 4.78 is 0. The summed E-state index contributed by atoms with van der Waals surface area (Å²) in [5.74, 6) is 0. The Bertz CT molecular complexity index is 802. The Morgan fingerprint density at radius 2 is 0.955 bits per heavy atom. The summed E-state index contributed by atoms with van der Waals surface area (Å²) in [7, 11) is -2.99. The van der Waals surface area contributed by atoms with Crippen molar-refractivity contribution in [3.8, 4) is 0 Å². The van der Waals surface area contributed by atoms with Gasteiger partial charge in [-0.15, -0.1) is 0 Å². The van der Waals surface area contributed by atoms with Gasteiger partial charge in [0.25, 0.3) is 0 Å². The maximum Gasteiger partial charge on any atom is 0.488 e. The Kier molecular flexibility index (Phi) is 3.70. The van der Waals surface area contributed by atoms with Gasteiger partial charge in [-0.05, 0) is 57.4 Å². The van der Waals surface area contributed by atoms with E-state index in [1.807, 2.05) is 26.0 Å². The van der Waals surface area contributed by atoms with Crippen LogP contribution in [0.4, 0.5) is 0 Å². The second kappa shape index (κ2) is 5.41. The smallest absolute Gasteiger partial charge is 0.423 e. The van der Waals surface area contributed by atoms with Crippen LogP contribution in [0.1, 0.15) is 11.1 Å². The fourth-order valence-electron chi connectivity index (χ4n) is 2.94. The molecule has 0 radical (unpaired) electrons. The van der Waals surface area contributed by atoms with Gasteiger partial charge in [-0.2, -0.15) is 0 Å². The van der Waals surface area contributed by atoms with E-state index < -0.39 is 14.2 Å². The minimum atomic E-state index is -1.49. The summed E-state index contributed by atoms with van der Waals surface area (Å²) in [6.07, 6.45) is 0. The van der Waals surface area contributed by atoms with E-state index in [0.29, 0.717) is 10.9 Å². The molecule has 0 spiro atoms. The van der Waals surface area contributed by atoms with E-state index >= 15 is 0 Å². The fourth-order valence-corrected chi connectivity index (χ4v) is 2.94. The summed E-state index contributed by atoms with van der Waals surface area (Å²) in [4.78, 5) is 0. The number of rotatable bonds is 2. The van der Waals surface area contributed by atoms with Gasteiger partial charge in [0.15, 0.2) is 0 Å². The van der Waals surface area contributed by atoms with Gasteiger partial charge in [0.2, 0.25) is 0 Å². The highest BCUT2D eigenvalue weighted by Crippen LogP contribution is 2.31. The maximum absolute atomic E-state index is 9.35. The second-order valence-corrected chi connectivity index (χ2v) is 5.61. The molecule has 0 aliphatic carbocycles. The summed E-state index contributed by atoms with van der Waals surface area (Å²) in [6, 6.07) is 10.7. The standard InChI is InChI=1S/C16H16B2O4/c1-9-10(2)16-8-12(18(21)22)4-6-14(16)13-5-3-11(17(19)20)7-15(9)13/h3-8,19-22H,1-2H3. The lowest BCUT2D eigenvalue weighted by atomic mass is 9.76. The maximum atomic E-state index is 9.35. The van der Waals surface area contributed by atoms with Gasteiger partial charge in [0, 0.05) is 0 Å². The average Bonchev–Trinajstić information content (AvgIpc) is 2.51. The summed E-state index contributed by atoms with van der Waals surface area (Å²) in [5.41, 5.74) is 2.98. The molecule has 0 aliphatic heterocycles. The molecular weight excluding hydrogens is 278 g/mol. The zero-order valence-electron chi connectivity index (χ0n) is 12.4. The largest absolute Gasteiger partial charge is 0.488 e. The molecule has 0 atom stereocenters. The van der Waals surface area contributed by atoms with Crippen LogP contribution in [0.15, 0.2) is 36.4 Å². The molecule has 110 valence electrons. The van der Waals surface area contributed by atoms with Crippen LogP contribution in [0, 0.1) is 13.8 Å². The summed E-state index contributed by atoms with van der Waals surface area (Å²) in [6.45, 7) is 3.96. The first-order valence-electron chi connectivity index (χ1n) is 7.09. The van der Waals surface area contributed by atoms with Crippen LogP contribution < -0.4 is 10.9 Å². The van der Waals surface area contributed by atoms with Crippen molar-refractivity contribution in [3.63, 3.8) is 0 Å². The number of aryl methyl sites for hydroxylation is 2. The first-order chi connectivity index (χ1) is 10.4. The van der Waals surface area contributed by atoms with E-state index in [0.717, 1.165) is 32.7 Å². The van der Waals surface area contributed by atoms with Gasteiger partial charge in [0.1, 0.15) is 0 Å². The number of hydrogen-bond donors (Lipinski definition) is 4. The van der Waals surface area contributed by atoms with Crippen molar-refractivity contribution in [1.82, 2.24) is 0 Å². The van der Waals surface area contributed by atoms with Crippen LogP contribution >= 0.6 is 0 Å². The van der Waals surface area contributed by atoms with Crippen molar-refractivity contribution in [3.05, 3.63) is 47.5 Å². The summed E-state index contributed by atoms with van der Waals surface area (Å²) >= 11 is 0. The van der Waals surface area contributed by atoms with Crippen LogP contribution in [0.5, 0.6) is 0 Å². The predicted molar refractivity (Wildman–Crippen MR) is 90.6 cm³/mol. The quantitative estimate of drug-likeness (QED) is 0.395. The van der Waals surface area contributed by atoms with Crippen molar-refractivity contribution in [1.29, 1.82) is 0 Å². The Hall–Kier alpha value is -1.85. The highest BCUT2D eigenvalue weighted by molar-refractivity contribution is 6.59. The zero-order chi connectivity index (χ0) is 16.0. The Labute approximate surface area is 128 Å². The predicted octanol–water partition coefficient (Wildman–Crippen LogP) is -0.0306. The van der Waals surface area contributed by atoms with E-state index in [4.69, 9.17) is 0 Å². The van der Waals surface area contributed by atoms with Crippen LogP contribution in [-0.4, -0.2) is 34.3 Å². The van der Waals surface area contributed by atoms with Crippen molar-refractivity contribution < 1.29 is 20.1 Å². The SMILES string of the molecule is Cc1c(C)c2cc(B(O)O)ccc2c2ccc(B(O)O)cc12. The fraction of sp³-hybridized carbons (Fsp3) is 0.125. The highest BCUT2D eigenvalue weighted by Gasteiger charge is 2.16. The summed E-state index contributed by atoms with van der Waals surface area (Å²) in [5, 5.41) is 41.4. The minimum Gasteiger partial charge on any atom is -0.423 e. The van der Waals surface area contributed by atoms with Crippen LogP contribution in [0.25, 0.3) is 21.5 Å². The third-order valence-electron chi connectivity index (χ3n) is 4.34. The van der Waals surface area contributed by atoms with Gasteiger partial charge < -0.3 is 20.1 Å². The Morgan fingerprint density at radius 3 is 1.27 bits per heavy atom. The number of benzene rings is 3. The molecule has 0 bridgehead atoms. The van der Waals surface area contributed by atoms with E-state index in [2.05, 4.69) is 0 Å². The van der Waals surface area contributed by atoms with Crippen molar-refractivity contribution in [2.24, 2.45) is 0 Å². The minimum absolute atomic E-state index is 0.455. The lowest BCUT2D eigenvalue weighted by molar-refractivity contribution is 0.424. The molecule has 0 saturated heterocycles. The van der Waals surface area contributed by atoms with Crippen molar-refractivity contribution in [2.45, 2.75) is 13.8 Å². The first kappa shape index (κ1) is 15.1. The third-order valence-corrected chi connectivity index (χ3v) is 4.34. The van der Waals surface area contributed by atoms with E-state index in [1.54, 1.807) is 24.3 Å².